The lowest BCUT2D eigenvalue weighted by Gasteiger charge is -2.28. The van der Waals surface area contributed by atoms with Crippen LogP contribution < -0.4 is 5.32 Å². The molecule has 1 aromatic rings. The Morgan fingerprint density at radius 3 is 2.79 bits per heavy atom. The molecular weight excluding hydrogens is 198 g/mol. The van der Waals surface area contributed by atoms with Crippen LogP contribution in [0.4, 0.5) is 5.82 Å². The summed E-state index contributed by atoms with van der Waals surface area (Å²) in [6.45, 7) is 0. The Labute approximate surface area is 88.9 Å². The van der Waals surface area contributed by atoms with Gasteiger partial charge in [-0.15, -0.1) is 16.7 Å². The molecule has 1 heterocycles. The summed E-state index contributed by atoms with van der Waals surface area (Å²) in [5.41, 5.74) is 0.0532. The average molecular weight is 212 g/mol. The first-order valence-electron chi connectivity index (χ1n) is 4.97. The molecule has 0 amide bonds. The fraction of sp³-hybridized carbons (Fsp3) is 0.600. The lowest BCUT2D eigenvalue weighted by atomic mass is 10.0. The van der Waals surface area contributed by atoms with Gasteiger partial charge in [-0.2, -0.15) is 5.10 Å². The Hall–Kier alpha value is -0.830. The first kappa shape index (κ1) is 9.71. The number of hydrogen-bond donors (Lipinski definition) is 1. The third-order valence-corrected chi connectivity index (χ3v) is 3.29. The second-order valence-corrected chi connectivity index (χ2v) is 4.12. The van der Waals surface area contributed by atoms with E-state index in [2.05, 4.69) is 15.5 Å². The van der Waals surface area contributed by atoms with Crippen molar-refractivity contribution < 1.29 is 0 Å². The zero-order valence-corrected chi connectivity index (χ0v) is 8.80. The SMILES string of the molecule is ClCC1(Nc2cccnn2)CCCC1. The topological polar surface area (TPSA) is 37.8 Å². The lowest BCUT2D eigenvalue weighted by molar-refractivity contribution is 0.536. The Balaban J connectivity index is 2.08. The smallest absolute Gasteiger partial charge is 0.149 e. The summed E-state index contributed by atoms with van der Waals surface area (Å²) < 4.78 is 0. The number of nitrogens with zero attached hydrogens (tertiary/aromatic N) is 2. The molecule has 0 spiro atoms. The van der Waals surface area contributed by atoms with Crippen LogP contribution in [0.15, 0.2) is 18.3 Å². The molecule has 1 fully saturated rings. The van der Waals surface area contributed by atoms with E-state index >= 15 is 0 Å². The zero-order valence-electron chi connectivity index (χ0n) is 8.04. The normalized spacial score (nSPS) is 19.5. The van der Waals surface area contributed by atoms with E-state index < -0.39 is 0 Å². The van der Waals surface area contributed by atoms with Crippen molar-refractivity contribution in [2.45, 2.75) is 31.2 Å². The summed E-state index contributed by atoms with van der Waals surface area (Å²) in [7, 11) is 0. The van der Waals surface area contributed by atoms with Gasteiger partial charge in [-0.05, 0) is 25.0 Å². The van der Waals surface area contributed by atoms with Crippen molar-refractivity contribution in [2.24, 2.45) is 0 Å². The Morgan fingerprint density at radius 1 is 1.43 bits per heavy atom. The summed E-state index contributed by atoms with van der Waals surface area (Å²) >= 11 is 6.00. The van der Waals surface area contributed by atoms with E-state index in [4.69, 9.17) is 11.6 Å². The maximum atomic E-state index is 6.00. The molecule has 4 heteroatoms. The number of alkyl halides is 1. The van der Waals surface area contributed by atoms with Crippen LogP contribution in [-0.4, -0.2) is 21.6 Å². The highest BCUT2D eigenvalue weighted by Gasteiger charge is 2.33. The molecule has 0 radical (unpaired) electrons. The maximum absolute atomic E-state index is 6.00. The summed E-state index contributed by atoms with van der Waals surface area (Å²) in [4.78, 5) is 0. The summed E-state index contributed by atoms with van der Waals surface area (Å²) in [5, 5.41) is 11.3. The van der Waals surface area contributed by atoms with Crippen LogP contribution in [-0.2, 0) is 0 Å². The largest absolute Gasteiger partial charge is 0.362 e. The van der Waals surface area contributed by atoms with Gasteiger partial charge in [-0.1, -0.05) is 12.8 Å². The van der Waals surface area contributed by atoms with Crippen molar-refractivity contribution in [3.8, 4) is 0 Å². The van der Waals surface area contributed by atoms with E-state index in [9.17, 15) is 0 Å². The van der Waals surface area contributed by atoms with Crippen LogP contribution in [0, 0.1) is 0 Å². The molecule has 0 aromatic carbocycles. The number of hydrogen-bond acceptors (Lipinski definition) is 3. The Kier molecular flexibility index (Phi) is 2.87. The molecule has 76 valence electrons. The molecule has 1 aromatic heterocycles. The highest BCUT2D eigenvalue weighted by atomic mass is 35.5. The van der Waals surface area contributed by atoms with Crippen LogP contribution >= 0.6 is 11.6 Å². The fourth-order valence-corrected chi connectivity index (χ4v) is 2.32. The Morgan fingerprint density at radius 2 is 2.21 bits per heavy atom. The third kappa shape index (κ3) is 1.98. The molecule has 1 N–H and O–H groups in total. The minimum absolute atomic E-state index is 0.0532. The molecule has 1 saturated carbocycles. The zero-order chi connectivity index (χ0) is 9.86. The summed E-state index contributed by atoms with van der Waals surface area (Å²) in [6.07, 6.45) is 6.44. The van der Waals surface area contributed by atoms with Gasteiger partial charge >= 0.3 is 0 Å². The van der Waals surface area contributed by atoms with Gasteiger partial charge in [0.15, 0.2) is 0 Å². The first-order chi connectivity index (χ1) is 6.85. The van der Waals surface area contributed by atoms with Gasteiger partial charge in [-0.25, -0.2) is 0 Å². The molecular formula is C10H14ClN3. The first-order valence-corrected chi connectivity index (χ1v) is 5.50. The van der Waals surface area contributed by atoms with E-state index in [1.807, 2.05) is 12.1 Å². The predicted octanol–water partition coefficient (Wildman–Crippen LogP) is 2.44. The average Bonchev–Trinajstić information content (AvgIpc) is 2.69. The molecule has 1 aliphatic rings. The van der Waals surface area contributed by atoms with Crippen molar-refractivity contribution in [2.75, 3.05) is 11.2 Å². The molecule has 2 rings (SSSR count). The van der Waals surface area contributed by atoms with Gasteiger partial charge in [0.2, 0.25) is 0 Å². The highest BCUT2D eigenvalue weighted by Crippen LogP contribution is 2.33. The van der Waals surface area contributed by atoms with Crippen LogP contribution in [0.3, 0.4) is 0 Å². The molecule has 0 saturated heterocycles. The number of aromatic nitrogens is 2. The maximum Gasteiger partial charge on any atom is 0.149 e. The van der Waals surface area contributed by atoms with Crippen molar-refractivity contribution in [1.29, 1.82) is 0 Å². The van der Waals surface area contributed by atoms with Gasteiger partial charge in [0.1, 0.15) is 5.82 Å². The molecule has 3 nitrogen and oxygen atoms in total. The molecule has 0 unspecified atom stereocenters. The van der Waals surface area contributed by atoms with Gasteiger partial charge in [0.05, 0.1) is 5.54 Å². The minimum Gasteiger partial charge on any atom is -0.362 e. The van der Waals surface area contributed by atoms with Gasteiger partial charge in [0.25, 0.3) is 0 Å². The Bertz CT molecular complexity index is 283. The third-order valence-electron chi connectivity index (χ3n) is 2.78. The van der Waals surface area contributed by atoms with Crippen LogP contribution in [0.25, 0.3) is 0 Å². The van der Waals surface area contributed by atoms with Crippen molar-refractivity contribution >= 4 is 17.4 Å². The summed E-state index contributed by atoms with van der Waals surface area (Å²) in [6, 6.07) is 3.81. The number of halogens is 1. The van der Waals surface area contributed by atoms with Gasteiger partial charge in [0, 0.05) is 12.1 Å². The van der Waals surface area contributed by atoms with E-state index in [-0.39, 0.29) is 5.54 Å². The quantitative estimate of drug-likeness (QED) is 0.781. The number of rotatable bonds is 3. The van der Waals surface area contributed by atoms with Crippen LogP contribution in [0.2, 0.25) is 0 Å². The van der Waals surface area contributed by atoms with E-state index in [0.29, 0.717) is 5.88 Å². The van der Waals surface area contributed by atoms with E-state index in [0.717, 1.165) is 18.7 Å². The monoisotopic (exact) mass is 211 g/mol. The number of nitrogens with one attached hydrogen (secondary N) is 1. The second-order valence-electron chi connectivity index (χ2n) is 3.85. The summed E-state index contributed by atoms with van der Waals surface area (Å²) in [5.74, 6) is 1.47. The minimum atomic E-state index is 0.0532. The fourth-order valence-electron chi connectivity index (χ4n) is 1.98. The van der Waals surface area contributed by atoms with E-state index in [1.165, 1.54) is 12.8 Å². The standard InChI is InChI=1S/C10H14ClN3/c11-8-10(5-1-2-6-10)13-9-4-3-7-12-14-9/h3-4,7H,1-2,5-6,8H2,(H,13,14). The molecule has 0 atom stereocenters. The number of anilines is 1. The van der Waals surface area contributed by atoms with Crippen LogP contribution in [0.5, 0.6) is 0 Å². The van der Waals surface area contributed by atoms with E-state index in [1.54, 1.807) is 6.20 Å². The molecule has 14 heavy (non-hydrogen) atoms. The molecule has 0 bridgehead atoms. The van der Waals surface area contributed by atoms with Crippen molar-refractivity contribution in [3.05, 3.63) is 18.3 Å². The van der Waals surface area contributed by atoms with Crippen LogP contribution in [0.1, 0.15) is 25.7 Å². The van der Waals surface area contributed by atoms with Crippen molar-refractivity contribution in [3.63, 3.8) is 0 Å². The van der Waals surface area contributed by atoms with Gasteiger partial charge < -0.3 is 5.32 Å². The lowest BCUT2D eigenvalue weighted by Crippen LogP contribution is -2.37. The molecule has 1 aliphatic carbocycles. The van der Waals surface area contributed by atoms with Crippen molar-refractivity contribution in [1.82, 2.24) is 10.2 Å². The molecule has 0 aliphatic heterocycles. The highest BCUT2D eigenvalue weighted by molar-refractivity contribution is 6.18. The van der Waals surface area contributed by atoms with Gasteiger partial charge in [-0.3, -0.25) is 0 Å². The second kappa shape index (κ2) is 4.13. The predicted molar refractivity (Wildman–Crippen MR) is 57.6 cm³/mol.